The summed E-state index contributed by atoms with van der Waals surface area (Å²) in [6, 6.07) is 7.87. The van der Waals surface area contributed by atoms with Crippen LogP contribution in [-0.2, 0) is 6.54 Å². The highest BCUT2D eigenvalue weighted by molar-refractivity contribution is 6.31. The van der Waals surface area contributed by atoms with E-state index in [1.54, 1.807) is 6.92 Å². The van der Waals surface area contributed by atoms with Crippen LogP contribution in [0.2, 0.25) is 5.15 Å². The van der Waals surface area contributed by atoms with Gasteiger partial charge in [0.1, 0.15) is 5.69 Å². The number of hydrogen-bond acceptors (Lipinski definition) is 3. The zero-order chi connectivity index (χ0) is 13.3. The third-order valence-corrected chi connectivity index (χ3v) is 3.05. The monoisotopic (exact) mass is 265 g/mol. The summed E-state index contributed by atoms with van der Waals surface area (Å²) in [5.74, 6) is 0. The molecule has 0 aliphatic carbocycles. The fourth-order valence-corrected chi connectivity index (χ4v) is 2.03. The van der Waals surface area contributed by atoms with Crippen LogP contribution < -0.4 is 0 Å². The molecule has 5 nitrogen and oxygen atoms in total. The van der Waals surface area contributed by atoms with Gasteiger partial charge < -0.3 is 0 Å². The summed E-state index contributed by atoms with van der Waals surface area (Å²) in [4.78, 5) is 10.3. The molecule has 94 valence electrons. The maximum absolute atomic E-state index is 10.8. The Morgan fingerprint density at radius 3 is 2.44 bits per heavy atom. The molecule has 2 aromatic rings. The van der Waals surface area contributed by atoms with Gasteiger partial charge in [0.15, 0.2) is 0 Å². The smallest absolute Gasteiger partial charge is 0.258 e. The molecular weight excluding hydrogens is 254 g/mol. The number of rotatable bonds is 3. The van der Waals surface area contributed by atoms with Crippen LogP contribution in [0.4, 0.5) is 5.69 Å². The number of benzene rings is 1. The highest BCUT2D eigenvalue weighted by atomic mass is 35.5. The van der Waals surface area contributed by atoms with E-state index in [0.717, 1.165) is 11.1 Å². The molecule has 1 aromatic carbocycles. The zero-order valence-electron chi connectivity index (χ0n) is 10.1. The molecule has 0 N–H and O–H groups in total. The molecule has 0 saturated carbocycles. The van der Waals surface area contributed by atoms with Crippen molar-refractivity contribution in [1.29, 1.82) is 0 Å². The molecular formula is C12H12ClN3O2. The molecule has 0 radical (unpaired) electrons. The molecule has 0 aliphatic rings. The van der Waals surface area contributed by atoms with Gasteiger partial charge in [-0.3, -0.25) is 10.1 Å². The summed E-state index contributed by atoms with van der Waals surface area (Å²) < 4.78 is 1.44. The Kier molecular flexibility index (Phi) is 3.34. The third-order valence-electron chi connectivity index (χ3n) is 2.67. The average Bonchev–Trinajstić information content (AvgIpc) is 2.57. The zero-order valence-corrected chi connectivity index (χ0v) is 10.8. The highest BCUT2D eigenvalue weighted by Crippen LogP contribution is 2.28. The molecule has 0 bridgehead atoms. The van der Waals surface area contributed by atoms with Crippen LogP contribution in [0.3, 0.4) is 0 Å². The van der Waals surface area contributed by atoms with E-state index in [2.05, 4.69) is 5.10 Å². The quantitative estimate of drug-likeness (QED) is 0.633. The summed E-state index contributed by atoms with van der Waals surface area (Å²) >= 11 is 5.96. The molecule has 0 saturated heterocycles. The van der Waals surface area contributed by atoms with Crippen molar-refractivity contribution < 1.29 is 4.92 Å². The van der Waals surface area contributed by atoms with Crippen molar-refractivity contribution in [3.63, 3.8) is 0 Å². The molecule has 1 aromatic heterocycles. The van der Waals surface area contributed by atoms with Crippen molar-refractivity contribution in [1.82, 2.24) is 9.78 Å². The summed E-state index contributed by atoms with van der Waals surface area (Å²) in [5, 5.41) is 15.0. The average molecular weight is 266 g/mol. The first-order valence-corrected chi connectivity index (χ1v) is 5.79. The summed E-state index contributed by atoms with van der Waals surface area (Å²) in [5.41, 5.74) is 2.37. The number of halogens is 1. The normalized spacial score (nSPS) is 10.6. The maximum atomic E-state index is 10.8. The fourth-order valence-electron chi connectivity index (χ4n) is 1.72. The summed E-state index contributed by atoms with van der Waals surface area (Å²) in [6.07, 6.45) is 0. The number of hydrogen-bond donors (Lipinski definition) is 0. The van der Waals surface area contributed by atoms with Gasteiger partial charge in [0.05, 0.1) is 11.5 Å². The predicted octanol–water partition coefficient (Wildman–Crippen LogP) is 3.11. The molecule has 0 atom stereocenters. The van der Waals surface area contributed by atoms with E-state index >= 15 is 0 Å². The van der Waals surface area contributed by atoms with E-state index in [4.69, 9.17) is 11.6 Å². The van der Waals surface area contributed by atoms with Crippen LogP contribution in [0, 0.1) is 24.0 Å². The molecule has 2 rings (SSSR count). The Labute approximate surface area is 109 Å². The van der Waals surface area contributed by atoms with Crippen LogP contribution in [0.5, 0.6) is 0 Å². The molecule has 0 amide bonds. The first-order valence-electron chi connectivity index (χ1n) is 5.42. The van der Waals surface area contributed by atoms with Gasteiger partial charge in [-0.1, -0.05) is 41.4 Å². The first kappa shape index (κ1) is 12.6. The Balaban J connectivity index is 2.33. The van der Waals surface area contributed by atoms with Gasteiger partial charge in [0, 0.05) is 0 Å². The van der Waals surface area contributed by atoms with E-state index in [-0.39, 0.29) is 10.8 Å². The second-order valence-electron chi connectivity index (χ2n) is 4.13. The van der Waals surface area contributed by atoms with Crippen LogP contribution in [0.1, 0.15) is 16.8 Å². The first-order chi connectivity index (χ1) is 8.49. The van der Waals surface area contributed by atoms with Gasteiger partial charge in [0.25, 0.3) is 0 Å². The maximum Gasteiger partial charge on any atom is 0.328 e. The molecule has 1 heterocycles. The minimum Gasteiger partial charge on any atom is -0.258 e. The number of nitro groups is 1. The predicted molar refractivity (Wildman–Crippen MR) is 68.9 cm³/mol. The molecule has 0 unspecified atom stereocenters. The van der Waals surface area contributed by atoms with Gasteiger partial charge in [-0.2, -0.15) is 5.10 Å². The second kappa shape index (κ2) is 4.78. The Morgan fingerprint density at radius 1 is 1.33 bits per heavy atom. The summed E-state index contributed by atoms with van der Waals surface area (Å²) in [6.45, 7) is 4.00. The Morgan fingerprint density at radius 2 is 1.94 bits per heavy atom. The van der Waals surface area contributed by atoms with Crippen molar-refractivity contribution in [2.24, 2.45) is 0 Å². The second-order valence-corrected chi connectivity index (χ2v) is 4.48. The van der Waals surface area contributed by atoms with Crippen LogP contribution in [0.15, 0.2) is 24.3 Å². The van der Waals surface area contributed by atoms with E-state index in [9.17, 15) is 10.1 Å². The lowest BCUT2D eigenvalue weighted by Crippen LogP contribution is -2.02. The van der Waals surface area contributed by atoms with Crippen molar-refractivity contribution in [3.05, 3.63) is 56.4 Å². The molecule has 0 aliphatic heterocycles. The van der Waals surface area contributed by atoms with Crippen LogP contribution in [-0.4, -0.2) is 14.7 Å². The Hall–Kier alpha value is -1.88. The Bertz CT molecular complexity index is 590. The van der Waals surface area contributed by atoms with Crippen molar-refractivity contribution in [2.75, 3.05) is 0 Å². The number of aryl methyl sites for hydroxylation is 2. The lowest BCUT2D eigenvalue weighted by molar-refractivity contribution is -0.385. The van der Waals surface area contributed by atoms with Gasteiger partial charge in [0.2, 0.25) is 5.15 Å². The molecule has 18 heavy (non-hydrogen) atoms. The lowest BCUT2D eigenvalue weighted by Gasteiger charge is -2.03. The summed E-state index contributed by atoms with van der Waals surface area (Å²) in [7, 11) is 0. The molecule has 0 spiro atoms. The fraction of sp³-hybridized carbons (Fsp3) is 0.250. The minimum atomic E-state index is -0.504. The van der Waals surface area contributed by atoms with E-state index in [1.165, 1.54) is 4.68 Å². The van der Waals surface area contributed by atoms with E-state index in [1.807, 2.05) is 31.2 Å². The topological polar surface area (TPSA) is 61.0 Å². The van der Waals surface area contributed by atoms with Crippen molar-refractivity contribution >= 4 is 17.3 Å². The van der Waals surface area contributed by atoms with Crippen molar-refractivity contribution in [3.8, 4) is 0 Å². The van der Waals surface area contributed by atoms with E-state index in [0.29, 0.717) is 12.2 Å². The van der Waals surface area contributed by atoms with Crippen molar-refractivity contribution in [2.45, 2.75) is 20.4 Å². The standard InChI is InChI=1S/C12H12ClN3O2/c1-8-3-5-10(6-4-8)7-15-12(13)11(16(17)18)9(2)14-15/h3-6H,7H2,1-2H3. The van der Waals surface area contributed by atoms with E-state index < -0.39 is 4.92 Å². The molecule has 6 heteroatoms. The van der Waals surface area contributed by atoms with Gasteiger partial charge in [-0.05, 0) is 19.4 Å². The highest BCUT2D eigenvalue weighted by Gasteiger charge is 2.23. The third kappa shape index (κ3) is 2.36. The van der Waals surface area contributed by atoms with Gasteiger partial charge in [-0.25, -0.2) is 4.68 Å². The number of aromatic nitrogens is 2. The van der Waals surface area contributed by atoms with Crippen LogP contribution in [0.25, 0.3) is 0 Å². The van der Waals surface area contributed by atoms with Crippen LogP contribution >= 0.6 is 11.6 Å². The van der Waals surface area contributed by atoms with Gasteiger partial charge >= 0.3 is 5.69 Å². The SMILES string of the molecule is Cc1ccc(Cn2nc(C)c([N+](=O)[O-])c2Cl)cc1. The largest absolute Gasteiger partial charge is 0.328 e. The number of nitrogens with zero attached hydrogens (tertiary/aromatic N) is 3. The molecule has 0 fully saturated rings. The lowest BCUT2D eigenvalue weighted by atomic mass is 10.1. The minimum absolute atomic E-state index is 0.0677. The van der Waals surface area contributed by atoms with Gasteiger partial charge in [-0.15, -0.1) is 0 Å².